The van der Waals surface area contributed by atoms with Gasteiger partial charge in [0.2, 0.25) is 23.6 Å². The third kappa shape index (κ3) is 9.92. The molecular weight excluding hydrogens is 560 g/mol. The number of benzene rings is 2. The number of likely N-dealkylation sites (N-methyl/N-ethyl adjacent to an activating group) is 2. The molecule has 0 aromatic heterocycles. The van der Waals surface area contributed by atoms with Gasteiger partial charge in [-0.2, -0.15) is 0 Å². The second kappa shape index (κ2) is 17.2. The number of carboxylic acid groups (broad SMARTS) is 1. The number of carboxylic acids is 1. The molecule has 0 fully saturated rings. The Morgan fingerprint density at radius 3 is 1.45 bits per heavy atom. The Balaban J connectivity index is 2.42. The van der Waals surface area contributed by atoms with Crippen LogP contribution >= 0.6 is 0 Å². The summed E-state index contributed by atoms with van der Waals surface area (Å²) in [5.74, 6) is -3.50. The van der Waals surface area contributed by atoms with Gasteiger partial charge >= 0.3 is 5.97 Å². The van der Waals surface area contributed by atoms with Gasteiger partial charge in [-0.1, -0.05) is 101 Å². The summed E-state index contributed by atoms with van der Waals surface area (Å²) in [7, 11) is 2.96. The molecule has 10 nitrogen and oxygen atoms in total. The Kier molecular flexibility index (Phi) is 14.0. The molecule has 10 heteroatoms. The summed E-state index contributed by atoms with van der Waals surface area (Å²) in [5.41, 5.74) is 1.58. The van der Waals surface area contributed by atoms with Gasteiger partial charge in [-0.15, -0.1) is 0 Å². The zero-order chi connectivity index (χ0) is 33.0. The number of amides is 4. The van der Waals surface area contributed by atoms with Crippen molar-refractivity contribution in [2.24, 2.45) is 11.8 Å². The minimum Gasteiger partial charge on any atom is -0.480 e. The first-order valence-corrected chi connectivity index (χ1v) is 15.2. The molecular formula is C34H48N4O6. The topological polar surface area (TPSA) is 136 Å². The molecule has 2 aromatic rings. The molecule has 0 heterocycles. The van der Waals surface area contributed by atoms with Crippen molar-refractivity contribution in [1.82, 2.24) is 20.4 Å². The Morgan fingerprint density at radius 1 is 0.682 bits per heavy atom. The lowest BCUT2D eigenvalue weighted by Gasteiger charge is -2.35. The number of carbonyl (C=O) groups excluding carboxylic acids is 4. The quantitative estimate of drug-likeness (QED) is 0.268. The predicted octanol–water partition coefficient (Wildman–Crippen LogP) is 3.29. The normalized spacial score (nSPS) is 15.1. The van der Waals surface area contributed by atoms with Gasteiger partial charge in [-0.05, 0) is 23.0 Å². The molecule has 0 aliphatic carbocycles. The van der Waals surface area contributed by atoms with Gasteiger partial charge in [0.15, 0.2) is 0 Å². The monoisotopic (exact) mass is 608 g/mol. The van der Waals surface area contributed by atoms with E-state index in [-0.39, 0.29) is 30.6 Å². The molecule has 2 rings (SSSR count). The van der Waals surface area contributed by atoms with E-state index in [1.54, 1.807) is 24.3 Å². The maximum Gasteiger partial charge on any atom is 0.326 e. The van der Waals surface area contributed by atoms with Gasteiger partial charge in [0.1, 0.15) is 24.2 Å². The molecule has 2 aromatic carbocycles. The van der Waals surface area contributed by atoms with Crippen LogP contribution in [0.15, 0.2) is 60.7 Å². The van der Waals surface area contributed by atoms with Crippen LogP contribution in [0.25, 0.3) is 0 Å². The van der Waals surface area contributed by atoms with Crippen LogP contribution in [0.1, 0.15) is 58.6 Å². The first kappa shape index (κ1) is 36.0. The van der Waals surface area contributed by atoms with E-state index in [1.165, 1.54) is 30.8 Å². The average Bonchev–Trinajstić information content (AvgIpc) is 3.02. The van der Waals surface area contributed by atoms with E-state index in [1.807, 2.05) is 64.1 Å². The lowest BCUT2D eigenvalue weighted by molar-refractivity contribution is -0.151. The van der Waals surface area contributed by atoms with Crippen molar-refractivity contribution in [2.45, 2.75) is 84.5 Å². The number of nitrogens with zero attached hydrogens (tertiary/aromatic N) is 2. The van der Waals surface area contributed by atoms with Crippen molar-refractivity contribution in [2.75, 3.05) is 14.1 Å². The molecule has 0 aliphatic heterocycles. The molecule has 3 N–H and O–H groups in total. The zero-order valence-electron chi connectivity index (χ0n) is 26.9. The van der Waals surface area contributed by atoms with Gasteiger partial charge in [0.05, 0.1) is 0 Å². The zero-order valence-corrected chi connectivity index (χ0v) is 26.9. The van der Waals surface area contributed by atoms with E-state index >= 15 is 0 Å². The molecule has 44 heavy (non-hydrogen) atoms. The van der Waals surface area contributed by atoms with Crippen molar-refractivity contribution in [1.29, 1.82) is 0 Å². The van der Waals surface area contributed by atoms with Gasteiger partial charge < -0.3 is 25.5 Å². The SMILES string of the molecule is CC[C@H](C)[C@H](NC(=O)[C@H](Cc1ccccc1)N(C)C(=O)[C@@H](NC(C)=O)[C@@H](C)CC)C(=O)N(C)[C@@H](Cc1ccccc1)C(=O)O. The number of rotatable bonds is 16. The van der Waals surface area contributed by atoms with Gasteiger partial charge in [-0.25, -0.2) is 4.79 Å². The van der Waals surface area contributed by atoms with Crippen LogP contribution in [0.4, 0.5) is 0 Å². The molecule has 4 amide bonds. The number of carbonyl (C=O) groups is 5. The van der Waals surface area contributed by atoms with Gasteiger partial charge in [0, 0.05) is 33.9 Å². The maximum absolute atomic E-state index is 14.1. The summed E-state index contributed by atoms with van der Waals surface area (Å²) in [6.07, 6.45) is 1.45. The maximum atomic E-state index is 14.1. The molecule has 0 unspecified atom stereocenters. The molecule has 0 radical (unpaired) electrons. The van der Waals surface area contributed by atoms with Crippen molar-refractivity contribution in [3.63, 3.8) is 0 Å². The fraction of sp³-hybridized carbons (Fsp3) is 0.500. The van der Waals surface area contributed by atoms with Crippen molar-refractivity contribution in [3.05, 3.63) is 71.8 Å². The average molecular weight is 609 g/mol. The second-order valence-corrected chi connectivity index (χ2v) is 11.6. The van der Waals surface area contributed by atoms with Crippen LogP contribution in [0.3, 0.4) is 0 Å². The molecule has 0 saturated heterocycles. The number of hydrogen-bond donors (Lipinski definition) is 3. The minimum absolute atomic E-state index is 0.105. The van der Waals surface area contributed by atoms with Crippen molar-refractivity contribution < 1.29 is 29.1 Å². The van der Waals surface area contributed by atoms with Crippen molar-refractivity contribution >= 4 is 29.6 Å². The Morgan fingerprint density at radius 2 is 1.07 bits per heavy atom. The third-order valence-corrected chi connectivity index (χ3v) is 8.38. The summed E-state index contributed by atoms with van der Waals surface area (Å²) in [4.78, 5) is 68.4. The fourth-order valence-electron chi connectivity index (χ4n) is 5.05. The molecule has 0 saturated carbocycles. The summed E-state index contributed by atoms with van der Waals surface area (Å²) in [5, 5.41) is 15.6. The van der Waals surface area contributed by atoms with Crippen LogP contribution in [0, 0.1) is 11.8 Å². The number of aliphatic carboxylic acids is 1. The summed E-state index contributed by atoms with van der Waals surface area (Å²) in [6, 6.07) is 14.3. The summed E-state index contributed by atoms with van der Waals surface area (Å²) in [6.45, 7) is 8.83. The van der Waals surface area contributed by atoms with Crippen LogP contribution in [-0.2, 0) is 36.8 Å². The lowest BCUT2D eigenvalue weighted by Crippen LogP contribution is -2.60. The standard InChI is InChI=1S/C34H48N4O6/c1-8-22(3)29(35-24(5)39)32(41)37(6)27(20-25-16-12-10-13-17-25)31(40)36-30(23(4)9-2)33(42)38(7)28(34(43)44)21-26-18-14-11-15-19-26/h10-19,22-23,27-30H,8-9,20-21H2,1-7H3,(H,35,39)(H,36,40)(H,43,44)/t22-,23-,27-,28-,29-,30-/m0/s1. The molecule has 0 aliphatic rings. The van der Waals surface area contributed by atoms with Crippen LogP contribution < -0.4 is 10.6 Å². The van der Waals surface area contributed by atoms with E-state index in [2.05, 4.69) is 10.6 Å². The fourth-order valence-corrected chi connectivity index (χ4v) is 5.05. The second-order valence-electron chi connectivity index (χ2n) is 11.6. The first-order valence-electron chi connectivity index (χ1n) is 15.2. The highest BCUT2D eigenvalue weighted by Crippen LogP contribution is 2.18. The van der Waals surface area contributed by atoms with E-state index < -0.39 is 47.9 Å². The van der Waals surface area contributed by atoms with Gasteiger partial charge in [0.25, 0.3) is 0 Å². The Hall–Kier alpha value is -4.21. The molecule has 6 atom stereocenters. The lowest BCUT2D eigenvalue weighted by atomic mass is 9.94. The van der Waals surface area contributed by atoms with E-state index in [4.69, 9.17) is 0 Å². The largest absolute Gasteiger partial charge is 0.480 e. The summed E-state index contributed by atoms with van der Waals surface area (Å²) < 4.78 is 0. The van der Waals surface area contributed by atoms with E-state index in [9.17, 15) is 29.1 Å². The summed E-state index contributed by atoms with van der Waals surface area (Å²) >= 11 is 0. The predicted molar refractivity (Wildman–Crippen MR) is 169 cm³/mol. The van der Waals surface area contributed by atoms with Crippen molar-refractivity contribution in [3.8, 4) is 0 Å². The highest BCUT2D eigenvalue weighted by molar-refractivity contribution is 5.95. The highest BCUT2D eigenvalue weighted by atomic mass is 16.4. The highest BCUT2D eigenvalue weighted by Gasteiger charge is 2.38. The molecule has 0 spiro atoms. The van der Waals surface area contributed by atoms with Crippen LogP contribution in [0.2, 0.25) is 0 Å². The third-order valence-electron chi connectivity index (χ3n) is 8.38. The van der Waals surface area contributed by atoms with Crippen LogP contribution in [-0.4, -0.2) is 82.8 Å². The molecule has 240 valence electrons. The number of hydrogen-bond acceptors (Lipinski definition) is 5. The Bertz CT molecular complexity index is 1250. The Labute approximate surface area is 261 Å². The number of nitrogens with one attached hydrogen (secondary N) is 2. The smallest absolute Gasteiger partial charge is 0.326 e. The minimum atomic E-state index is -1.15. The van der Waals surface area contributed by atoms with E-state index in [0.29, 0.717) is 12.8 Å². The molecule has 0 bridgehead atoms. The van der Waals surface area contributed by atoms with E-state index in [0.717, 1.165) is 11.1 Å². The van der Waals surface area contributed by atoms with Crippen LogP contribution in [0.5, 0.6) is 0 Å². The first-order chi connectivity index (χ1) is 20.8. The van der Waals surface area contributed by atoms with Gasteiger partial charge in [-0.3, -0.25) is 19.2 Å².